The molecule has 0 saturated heterocycles. The molecule has 0 spiro atoms. The maximum atomic E-state index is 14.1. The minimum atomic E-state index is -0.861. The van der Waals surface area contributed by atoms with Gasteiger partial charge in [-0.2, -0.15) is 0 Å². The van der Waals surface area contributed by atoms with Crippen LogP contribution in [0.2, 0.25) is 0 Å². The monoisotopic (exact) mass is 315 g/mol. The van der Waals surface area contributed by atoms with E-state index in [1.165, 1.54) is 6.07 Å². The molecule has 1 unspecified atom stereocenters. The highest BCUT2D eigenvalue weighted by molar-refractivity contribution is 6.16. The average molecular weight is 316 g/mol. The SMILES string of the molecule is CCC(C)N(C)CCn1c(CCl)nc2ccc(F)c(F)c21. The van der Waals surface area contributed by atoms with Crippen LogP contribution in [0.25, 0.3) is 11.0 Å². The molecule has 0 saturated carbocycles. The molecule has 0 N–H and O–H groups in total. The average Bonchev–Trinajstić information content (AvgIpc) is 2.86. The van der Waals surface area contributed by atoms with Crippen molar-refractivity contribution in [3.63, 3.8) is 0 Å². The van der Waals surface area contributed by atoms with Crippen molar-refractivity contribution in [2.75, 3.05) is 13.6 Å². The van der Waals surface area contributed by atoms with Crippen LogP contribution in [0.1, 0.15) is 26.1 Å². The quantitative estimate of drug-likeness (QED) is 0.756. The minimum Gasteiger partial charge on any atom is -0.323 e. The van der Waals surface area contributed by atoms with Crippen molar-refractivity contribution in [1.82, 2.24) is 14.5 Å². The normalized spacial score (nSPS) is 13.3. The highest BCUT2D eigenvalue weighted by atomic mass is 35.5. The number of nitrogens with zero attached hydrogens (tertiary/aromatic N) is 3. The van der Waals surface area contributed by atoms with Crippen molar-refractivity contribution in [1.29, 1.82) is 0 Å². The third kappa shape index (κ3) is 3.19. The lowest BCUT2D eigenvalue weighted by molar-refractivity contribution is 0.242. The number of hydrogen-bond donors (Lipinski definition) is 0. The van der Waals surface area contributed by atoms with Crippen LogP contribution in [-0.4, -0.2) is 34.1 Å². The molecule has 116 valence electrons. The molecule has 0 bridgehead atoms. The molecule has 2 rings (SSSR count). The van der Waals surface area contributed by atoms with Crippen molar-refractivity contribution in [3.05, 3.63) is 29.6 Å². The number of fused-ring (bicyclic) bond motifs is 1. The van der Waals surface area contributed by atoms with Crippen LogP contribution in [0.15, 0.2) is 12.1 Å². The van der Waals surface area contributed by atoms with Crippen molar-refractivity contribution in [2.45, 2.75) is 38.7 Å². The minimum absolute atomic E-state index is 0.169. The van der Waals surface area contributed by atoms with Crippen LogP contribution in [0.4, 0.5) is 8.78 Å². The zero-order valence-corrected chi connectivity index (χ0v) is 13.3. The Hall–Kier alpha value is -1.20. The largest absolute Gasteiger partial charge is 0.323 e. The Morgan fingerprint density at radius 1 is 1.38 bits per heavy atom. The third-order valence-corrected chi connectivity index (χ3v) is 4.26. The Balaban J connectivity index is 2.35. The van der Waals surface area contributed by atoms with Gasteiger partial charge < -0.3 is 9.47 Å². The molecule has 0 aliphatic heterocycles. The van der Waals surface area contributed by atoms with Gasteiger partial charge in [-0.25, -0.2) is 13.8 Å². The van der Waals surface area contributed by atoms with E-state index in [-0.39, 0.29) is 11.4 Å². The predicted octanol–water partition coefficient (Wildman–Crippen LogP) is 3.78. The summed E-state index contributed by atoms with van der Waals surface area (Å²) in [5.41, 5.74) is 0.638. The van der Waals surface area contributed by atoms with E-state index in [0.717, 1.165) is 19.0 Å². The van der Waals surface area contributed by atoms with Crippen molar-refractivity contribution >= 4 is 22.6 Å². The summed E-state index contributed by atoms with van der Waals surface area (Å²) >= 11 is 5.89. The third-order valence-electron chi connectivity index (χ3n) is 4.02. The number of likely N-dealkylation sites (N-methyl/N-ethyl adjacent to an activating group) is 1. The van der Waals surface area contributed by atoms with Crippen molar-refractivity contribution in [2.24, 2.45) is 0 Å². The lowest BCUT2D eigenvalue weighted by Crippen LogP contribution is -2.31. The molecule has 2 aromatic rings. The van der Waals surface area contributed by atoms with Crippen molar-refractivity contribution in [3.8, 4) is 0 Å². The number of aromatic nitrogens is 2. The van der Waals surface area contributed by atoms with Gasteiger partial charge in [0.05, 0.1) is 11.4 Å². The van der Waals surface area contributed by atoms with Gasteiger partial charge in [0.25, 0.3) is 0 Å². The van der Waals surface area contributed by atoms with Crippen LogP contribution < -0.4 is 0 Å². The molecule has 1 heterocycles. The van der Waals surface area contributed by atoms with E-state index in [1.54, 1.807) is 4.57 Å². The number of hydrogen-bond acceptors (Lipinski definition) is 2. The number of rotatable bonds is 6. The molecular weight excluding hydrogens is 296 g/mol. The van der Waals surface area contributed by atoms with Gasteiger partial charge in [-0.1, -0.05) is 6.92 Å². The summed E-state index contributed by atoms with van der Waals surface area (Å²) < 4.78 is 29.2. The van der Waals surface area contributed by atoms with Gasteiger partial charge in [0.1, 0.15) is 11.3 Å². The first kappa shape index (κ1) is 16.2. The Bertz CT molecular complexity index is 627. The molecule has 0 fully saturated rings. The van der Waals surface area contributed by atoms with Gasteiger partial charge in [-0.15, -0.1) is 11.6 Å². The van der Waals surface area contributed by atoms with E-state index in [4.69, 9.17) is 11.6 Å². The molecular formula is C15H20ClF2N3. The highest BCUT2D eigenvalue weighted by Gasteiger charge is 2.17. The van der Waals surface area contributed by atoms with Gasteiger partial charge in [-0.05, 0) is 32.5 Å². The maximum Gasteiger partial charge on any atom is 0.184 e. The molecule has 0 radical (unpaired) electrons. The standard InChI is InChI=1S/C15H20ClF2N3/c1-4-10(2)20(3)7-8-21-13(9-16)19-12-6-5-11(17)14(18)15(12)21/h5-6,10H,4,7-9H2,1-3H3. The number of imidazole rings is 1. The topological polar surface area (TPSA) is 21.1 Å². The number of alkyl halides is 1. The number of benzene rings is 1. The fourth-order valence-electron chi connectivity index (χ4n) is 2.34. The zero-order valence-electron chi connectivity index (χ0n) is 12.5. The fraction of sp³-hybridized carbons (Fsp3) is 0.533. The summed E-state index contributed by atoms with van der Waals surface area (Å²) in [5, 5.41) is 0. The molecule has 21 heavy (non-hydrogen) atoms. The van der Waals surface area contributed by atoms with E-state index in [9.17, 15) is 8.78 Å². The molecule has 3 nitrogen and oxygen atoms in total. The van der Waals surface area contributed by atoms with E-state index in [2.05, 4.69) is 23.7 Å². The molecule has 1 aromatic heterocycles. The summed E-state index contributed by atoms with van der Waals surface area (Å²) in [5.74, 6) is -0.987. The molecule has 0 aliphatic carbocycles. The maximum absolute atomic E-state index is 14.1. The van der Waals surface area contributed by atoms with Gasteiger partial charge in [-0.3, -0.25) is 0 Å². The van der Waals surface area contributed by atoms with Gasteiger partial charge in [0.15, 0.2) is 11.6 Å². The Morgan fingerprint density at radius 2 is 2.10 bits per heavy atom. The van der Waals surface area contributed by atoms with Crippen LogP contribution in [-0.2, 0) is 12.4 Å². The molecule has 0 amide bonds. The smallest absolute Gasteiger partial charge is 0.184 e. The predicted molar refractivity (Wildman–Crippen MR) is 81.6 cm³/mol. The lowest BCUT2D eigenvalue weighted by atomic mass is 10.2. The summed E-state index contributed by atoms with van der Waals surface area (Å²) in [6.45, 7) is 5.50. The summed E-state index contributed by atoms with van der Waals surface area (Å²) in [4.78, 5) is 6.46. The Labute approximate surface area is 128 Å². The van der Waals surface area contributed by atoms with Gasteiger partial charge >= 0.3 is 0 Å². The molecule has 1 atom stereocenters. The van der Waals surface area contributed by atoms with Crippen LogP contribution in [0.5, 0.6) is 0 Å². The second-order valence-corrected chi connectivity index (χ2v) is 5.55. The second-order valence-electron chi connectivity index (χ2n) is 5.28. The fourth-order valence-corrected chi connectivity index (χ4v) is 2.54. The van der Waals surface area contributed by atoms with E-state index in [0.29, 0.717) is 23.9 Å². The second kappa shape index (κ2) is 6.71. The lowest BCUT2D eigenvalue weighted by Gasteiger charge is -2.24. The Morgan fingerprint density at radius 3 is 2.71 bits per heavy atom. The Kier molecular flexibility index (Phi) is 5.17. The first-order chi connectivity index (χ1) is 9.99. The van der Waals surface area contributed by atoms with E-state index >= 15 is 0 Å². The van der Waals surface area contributed by atoms with E-state index in [1.807, 2.05) is 7.05 Å². The molecule has 6 heteroatoms. The summed E-state index contributed by atoms with van der Waals surface area (Å²) in [6, 6.07) is 3.01. The summed E-state index contributed by atoms with van der Waals surface area (Å²) in [6.07, 6.45) is 1.03. The first-order valence-electron chi connectivity index (χ1n) is 7.08. The summed E-state index contributed by atoms with van der Waals surface area (Å²) in [7, 11) is 2.02. The first-order valence-corrected chi connectivity index (χ1v) is 7.62. The van der Waals surface area contributed by atoms with E-state index < -0.39 is 11.6 Å². The molecule has 1 aromatic carbocycles. The van der Waals surface area contributed by atoms with Gasteiger partial charge in [0, 0.05) is 19.1 Å². The highest BCUT2D eigenvalue weighted by Crippen LogP contribution is 2.23. The van der Waals surface area contributed by atoms with Crippen molar-refractivity contribution < 1.29 is 8.78 Å². The van der Waals surface area contributed by atoms with Gasteiger partial charge in [0.2, 0.25) is 0 Å². The number of halogens is 3. The van der Waals surface area contributed by atoms with Crippen LogP contribution >= 0.6 is 11.6 Å². The zero-order chi connectivity index (χ0) is 15.6. The van der Waals surface area contributed by atoms with Crippen LogP contribution in [0.3, 0.4) is 0 Å². The van der Waals surface area contributed by atoms with Crippen LogP contribution in [0, 0.1) is 11.6 Å². The molecule has 0 aliphatic rings.